The molecule has 9 atom stereocenters. The van der Waals surface area contributed by atoms with Gasteiger partial charge in [-0.3, -0.25) is 4.79 Å². The molecule has 178 valence electrons. The van der Waals surface area contributed by atoms with Crippen LogP contribution < -0.4 is 0 Å². The van der Waals surface area contributed by atoms with Gasteiger partial charge >= 0.3 is 0 Å². The Bertz CT molecular complexity index is 1000. The molecule has 3 saturated carbocycles. The van der Waals surface area contributed by atoms with Crippen molar-refractivity contribution in [1.82, 2.24) is 0 Å². The van der Waals surface area contributed by atoms with E-state index in [0.29, 0.717) is 17.9 Å². The maximum Gasteiger partial charge on any atom is 0.159 e. The summed E-state index contributed by atoms with van der Waals surface area (Å²) in [4.78, 5) is 13.3. The molecule has 0 bridgehead atoms. The third kappa shape index (κ3) is 3.74. The van der Waals surface area contributed by atoms with Gasteiger partial charge in [-0.2, -0.15) is 0 Å². The predicted octanol–water partition coefficient (Wildman–Crippen LogP) is 4.80. The van der Waals surface area contributed by atoms with Crippen molar-refractivity contribution in [2.24, 2.45) is 34.5 Å². The summed E-state index contributed by atoms with van der Waals surface area (Å²) < 4.78 is 0. The summed E-state index contributed by atoms with van der Waals surface area (Å²) in [7, 11) is 0. The van der Waals surface area contributed by atoms with Gasteiger partial charge < -0.3 is 15.3 Å². The van der Waals surface area contributed by atoms with Crippen molar-refractivity contribution in [2.45, 2.75) is 70.7 Å². The highest BCUT2D eigenvalue weighted by molar-refractivity contribution is 6.30. The molecule has 5 heteroatoms. The highest BCUT2D eigenvalue weighted by Crippen LogP contribution is 2.66. The predicted molar refractivity (Wildman–Crippen MR) is 129 cm³/mol. The van der Waals surface area contributed by atoms with Gasteiger partial charge in [0.25, 0.3) is 0 Å². The highest BCUT2D eigenvalue weighted by Gasteiger charge is 2.64. The maximum atomic E-state index is 13.3. The zero-order chi connectivity index (χ0) is 23.5. The fraction of sp³-hybridized carbons (Fsp3) is 0.607. The molecule has 1 aromatic rings. The molecule has 0 amide bonds. The zero-order valence-corrected chi connectivity index (χ0v) is 20.2. The number of aliphatic hydroxyl groups is 3. The van der Waals surface area contributed by atoms with E-state index in [1.54, 1.807) is 6.08 Å². The largest absolute Gasteiger partial charge is 0.393 e. The molecule has 0 unspecified atom stereocenters. The van der Waals surface area contributed by atoms with E-state index in [1.807, 2.05) is 36.4 Å². The minimum Gasteiger partial charge on any atom is -0.393 e. The topological polar surface area (TPSA) is 77.8 Å². The second kappa shape index (κ2) is 8.34. The Kier molecular flexibility index (Phi) is 5.88. The molecular weight excluding hydrogens is 436 g/mol. The highest BCUT2D eigenvalue weighted by atomic mass is 35.5. The summed E-state index contributed by atoms with van der Waals surface area (Å²) >= 11 is 6.07. The minimum atomic E-state index is -0.640. The van der Waals surface area contributed by atoms with Crippen molar-refractivity contribution in [3.05, 3.63) is 52.6 Å². The van der Waals surface area contributed by atoms with Crippen LogP contribution in [0.2, 0.25) is 5.02 Å². The van der Waals surface area contributed by atoms with Crippen LogP contribution in [0.15, 0.2) is 42.0 Å². The molecule has 4 nitrogen and oxygen atoms in total. The Labute approximate surface area is 201 Å². The summed E-state index contributed by atoms with van der Waals surface area (Å²) in [5.41, 5.74) is 1.46. The number of benzene rings is 1. The number of ketones is 1. The Balaban J connectivity index is 1.43. The summed E-state index contributed by atoms with van der Waals surface area (Å²) in [5.74, 6) is 0.0357. The zero-order valence-electron chi connectivity index (χ0n) is 19.5. The monoisotopic (exact) mass is 470 g/mol. The molecular formula is C28H35ClO4. The Morgan fingerprint density at radius 3 is 2.70 bits per heavy atom. The van der Waals surface area contributed by atoms with E-state index in [4.69, 9.17) is 11.6 Å². The van der Waals surface area contributed by atoms with Gasteiger partial charge in [0, 0.05) is 10.9 Å². The minimum absolute atomic E-state index is 0.0334. The third-order valence-electron chi connectivity index (χ3n) is 9.67. The van der Waals surface area contributed by atoms with Gasteiger partial charge in [-0.25, -0.2) is 0 Å². The molecule has 3 fully saturated rings. The number of fused-ring (bicyclic) bond motifs is 5. The van der Waals surface area contributed by atoms with Crippen LogP contribution in [0.3, 0.4) is 0 Å². The number of rotatable bonds is 3. The number of aliphatic hydroxyl groups excluding tert-OH is 3. The molecule has 5 rings (SSSR count). The average molecular weight is 471 g/mol. The van der Waals surface area contributed by atoms with Gasteiger partial charge in [0.15, 0.2) is 5.78 Å². The van der Waals surface area contributed by atoms with Gasteiger partial charge in [0.2, 0.25) is 0 Å². The van der Waals surface area contributed by atoms with Gasteiger partial charge in [0.05, 0.1) is 18.3 Å². The second-order valence-corrected chi connectivity index (χ2v) is 11.8. The summed E-state index contributed by atoms with van der Waals surface area (Å²) in [5, 5.41) is 33.6. The third-order valence-corrected chi connectivity index (χ3v) is 9.91. The first-order valence-electron chi connectivity index (χ1n) is 12.4. The quantitative estimate of drug-likeness (QED) is 0.438. The summed E-state index contributed by atoms with van der Waals surface area (Å²) in [6.45, 7) is 4.37. The van der Waals surface area contributed by atoms with Crippen LogP contribution in [0, 0.1) is 34.5 Å². The van der Waals surface area contributed by atoms with Crippen LogP contribution >= 0.6 is 11.6 Å². The van der Waals surface area contributed by atoms with Gasteiger partial charge in [-0.15, -0.1) is 0 Å². The van der Waals surface area contributed by atoms with Crippen molar-refractivity contribution in [3.63, 3.8) is 0 Å². The number of hydrogen-bond donors (Lipinski definition) is 3. The fourth-order valence-corrected chi connectivity index (χ4v) is 8.32. The molecule has 0 aromatic heterocycles. The Morgan fingerprint density at radius 2 is 1.94 bits per heavy atom. The van der Waals surface area contributed by atoms with Crippen LogP contribution in [0.25, 0.3) is 6.08 Å². The van der Waals surface area contributed by atoms with Crippen molar-refractivity contribution < 1.29 is 20.1 Å². The SMILES string of the molecule is C[C@]12C[C@@H](O)[C@H]3[C@@H]([C@H](O)C=C4C[C@@H](O)CC[C@@]43C)[C@@H]1CC[C@@H]2C(=O)/C=C/c1cccc(Cl)c1. The van der Waals surface area contributed by atoms with E-state index in [0.717, 1.165) is 36.8 Å². The molecule has 0 radical (unpaired) electrons. The van der Waals surface area contributed by atoms with Crippen LogP contribution in [-0.2, 0) is 4.79 Å². The van der Waals surface area contributed by atoms with E-state index < -0.39 is 12.2 Å². The molecule has 0 spiro atoms. The average Bonchev–Trinajstić information content (AvgIpc) is 3.09. The molecule has 4 aliphatic carbocycles. The molecule has 33 heavy (non-hydrogen) atoms. The fourth-order valence-electron chi connectivity index (χ4n) is 8.12. The number of allylic oxidation sites excluding steroid dienone is 1. The van der Waals surface area contributed by atoms with E-state index in [2.05, 4.69) is 13.8 Å². The first-order valence-corrected chi connectivity index (χ1v) is 12.7. The van der Waals surface area contributed by atoms with E-state index in [1.165, 1.54) is 0 Å². The van der Waals surface area contributed by atoms with Crippen LogP contribution in [-0.4, -0.2) is 39.4 Å². The van der Waals surface area contributed by atoms with Crippen molar-refractivity contribution in [2.75, 3.05) is 0 Å². The molecule has 1 aromatic carbocycles. The maximum absolute atomic E-state index is 13.3. The van der Waals surface area contributed by atoms with Crippen LogP contribution in [0.1, 0.15) is 57.9 Å². The molecule has 0 aliphatic heterocycles. The lowest BCUT2D eigenvalue weighted by molar-refractivity contribution is -0.156. The van der Waals surface area contributed by atoms with Crippen molar-refractivity contribution in [3.8, 4) is 0 Å². The molecule has 0 heterocycles. The lowest BCUT2D eigenvalue weighted by atomic mass is 9.45. The standard InChI is InChI=1S/C28H35ClO4/c1-27-11-10-19(30)13-17(27)14-23(32)25-21-8-7-20(28(21,2)15-24(33)26(25)27)22(31)9-6-16-4-3-5-18(29)12-16/h3-6,9,12,14,19-21,23-26,30,32-33H,7-8,10-11,13,15H2,1-2H3/b9-6+/t19-,20+,21-,23+,24+,25+,26-,27-,28+/m0/s1. The van der Waals surface area contributed by atoms with E-state index in [-0.39, 0.29) is 46.4 Å². The van der Waals surface area contributed by atoms with E-state index in [9.17, 15) is 20.1 Å². The van der Waals surface area contributed by atoms with Gasteiger partial charge in [0.1, 0.15) is 0 Å². The van der Waals surface area contributed by atoms with Crippen molar-refractivity contribution >= 4 is 23.5 Å². The lowest BCUT2D eigenvalue weighted by Crippen LogP contribution is -2.60. The van der Waals surface area contributed by atoms with Gasteiger partial charge in [-0.05, 0) is 90.9 Å². The number of hydrogen-bond acceptors (Lipinski definition) is 4. The summed E-state index contributed by atoms with van der Waals surface area (Å²) in [6.07, 6.45) is 8.30. The van der Waals surface area contributed by atoms with Crippen LogP contribution in [0.4, 0.5) is 0 Å². The number of halogens is 1. The number of carbonyl (C=O) groups is 1. The Morgan fingerprint density at radius 1 is 1.15 bits per heavy atom. The lowest BCUT2D eigenvalue weighted by Gasteiger charge is -2.60. The first kappa shape index (κ1) is 23.3. The number of carbonyl (C=O) groups excluding carboxylic acids is 1. The summed E-state index contributed by atoms with van der Waals surface area (Å²) in [6, 6.07) is 7.44. The van der Waals surface area contributed by atoms with E-state index >= 15 is 0 Å². The van der Waals surface area contributed by atoms with Crippen molar-refractivity contribution in [1.29, 1.82) is 0 Å². The van der Waals surface area contributed by atoms with Crippen LogP contribution in [0.5, 0.6) is 0 Å². The second-order valence-electron chi connectivity index (χ2n) is 11.4. The van der Waals surface area contributed by atoms with Gasteiger partial charge in [-0.1, -0.05) is 55.3 Å². The Hall–Kier alpha value is -1.46. The molecule has 0 saturated heterocycles. The molecule has 3 N–H and O–H groups in total. The normalized spacial score (nSPS) is 44.7. The molecule has 4 aliphatic rings. The first-order chi connectivity index (χ1) is 15.6. The smallest absolute Gasteiger partial charge is 0.159 e.